The third-order valence-corrected chi connectivity index (χ3v) is 2.57. The Morgan fingerprint density at radius 1 is 1.42 bits per heavy atom. The molecule has 0 aliphatic carbocycles. The highest BCUT2D eigenvalue weighted by Crippen LogP contribution is 2.31. The summed E-state index contributed by atoms with van der Waals surface area (Å²) in [4.78, 5) is 11.7. The Labute approximate surface area is 120 Å². The normalized spacial score (nSPS) is 11.1. The van der Waals surface area contributed by atoms with Crippen LogP contribution in [0.15, 0.2) is 16.6 Å². The van der Waals surface area contributed by atoms with Gasteiger partial charge in [-0.15, -0.1) is 0 Å². The Hall–Kier alpha value is -1.30. The fraction of sp³-hybridized carbons (Fsp3) is 0.462. The molecule has 0 aliphatic heterocycles. The number of hydrogen-bond acceptors (Lipinski definition) is 3. The van der Waals surface area contributed by atoms with E-state index in [0.29, 0.717) is 12.4 Å². The van der Waals surface area contributed by atoms with Crippen molar-refractivity contribution in [3.05, 3.63) is 22.4 Å². The summed E-state index contributed by atoms with van der Waals surface area (Å²) in [5.74, 6) is -0.115. The summed E-state index contributed by atoms with van der Waals surface area (Å²) in [5.41, 5.74) is -0.388. The molecule has 1 aromatic rings. The molecule has 0 atom stereocenters. The highest BCUT2D eigenvalue weighted by molar-refractivity contribution is 9.10. The molecule has 1 amide bonds. The Morgan fingerprint density at radius 2 is 2.05 bits per heavy atom. The van der Waals surface area contributed by atoms with E-state index in [1.54, 1.807) is 27.7 Å². The number of anilines is 1. The first-order valence-corrected chi connectivity index (χ1v) is 6.64. The predicted molar refractivity (Wildman–Crippen MR) is 75.1 cm³/mol. The van der Waals surface area contributed by atoms with Crippen LogP contribution in [-0.4, -0.2) is 18.3 Å². The molecule has 0 saturated heterocycles. The number of ether oxygens (including phenoxy) is 2. The number of amides is 1. The molecule has 19 heavy (non-hydrogen) atoms. The van der Waals surface area contributed by atoms with E-state index >= 15 is 0 Å². The molecule has 6 heteroatoms. The van der Waals surface area contributed by atoms with E-state index in [0.717, 1.165) is 0 Å². The van der Waals surface area contributed by atoms with Gasteiger partial charge in [0.15, 0.2) is 0 Å². The molecule has 0 bridgehead atoms. The van der Waals surface area contributed by atoms with Gasteiger partial charge in [-0.1, -0.05) is 0 Å². The molecule has 0 radical (unpaired) electrons. The Kier molecular flexibility index (Phi) is 5.17. The van der Waals surface area contributed by atoms with Gasteiger partial charge in [-0.25, -0.2) is 9.18 Å². The molecular formula is C13H17BrFNO3. The number of carbonyl (C=O) groups is 1. The summed E-state index contributed by atoms with van der Waals surface area (Å²) in [7, 11) is 0. The minimum Gasteiger partial charge on any atom is -0.492 e. The first-order chi connectivity index (χ1) is 8.73. The van der Waals surface area contributed by atoms with Crippen molar-refractivity contribution >= 4 is 27.7 Å². The zero-order valence-electron chi connectivity index (χ0n) is 11.3. The van der Waals surface area contributed by atoms with Gasteiger partial charge in [-0.3, -0.25) is 5.32 Å². The minimum absolute atomic E-state index is 0.233. The maximum atomic E-state index is 13.5. The van der Waals surface area contributed by atoms with Crippen molar-refractivity contribution in [1.82, 2.24) is 0 Å². The smallest absolute Gasteiger partial charge is 0.412 e. The van der Waals surface area contributed by atoms with Crippen molar-refractivity contribution in [1.29, 1.82) is 0 Å². The number of hydrogen-bond donors (Lipinski definition) is 1. The molecular weight excluding hydrogens is 317 g/mol. The lowest BCUT2D eigenvalue weighted by molar-refractivity contribution is 0.0635. The SMILES string of the molecule is CCOc1cc(Br)c(F)cc1NC(=O)OC(C)(C)C. The summed E-state index contributed by atoms with van der Waals surface area (Å²) < 4.78 is 24.2. The average molecular weight is 334 g/mol. The van der Waals surface area contributed by atoms with Gasteiger partial charge in [-0.05, 0) is 49.7 Å². The van der Waals surface area contributed by atoms with Crippen LogP contribution in [0.5, 0.6) is 5.75 Å². The van der Waals surface area contributed by atoms with Crippen molar-refractivity contribution in [2.75, 3.05) is 11.9 Å². The molecule has 1 N–H and O–H groups in total. The first kappa shape index (κ1) is 15.8. The standard InChI is InChI=1S/C13H17BrFNO3/c1-5-18-11-6-8(14)9(15)7-10(11)16-12(17)19-13(2,3)4/h6-7H,5H2,1-4H3,(H,16,17). The molecule has 0 heterocycles. The fourth-order valence-electron chi connectivity index (χ4n) is 1.31. The van der Waals surface area contributed by atoms with E-state index in [1.807, 2.05) is 0 Å². The second-order valence-electron chi connectivity index (χ2n) is 4.82. The maximum Gasteiger partial charge on any atom is 0.412 e. The molecule has 0 saturated carbocycles. The number of nitrogens with one attached hydrogen (secondary N) is 1. The van der Waals surface area contributed by atoms with Crippen molar-refractivity contribution in [2.45, 2.75) is 33.3 Å². The summed E-state index contributed by atoms with van der Waals surface area (Å²) in [5, 5.41) is 2.47. The Bertz CT molecular complexity index is 472. The van der Waals surface area contributed by atoms with E-state index in [9.17, 15) is 9.18 Å². The van der Waals surface area contributed by atoms with Crippen LogP contribution >= 0.6 is 15.9 Å². The quantitative estimate of drug-likeness (QED) is 0.895. The minimum atomic E-state index is -0.657. The van der Waals surface area contributed by atoms with E-state index in [1.165, 1.54) is 12.1 Å². The van der Waals surface area contributed by atoms with Gasteiger partial charge in [-0.2, -0.15) is 0 Å². The second-order valence-corrected chi connectivity index (χ2v) is 5.68. The van der Waals surface area contributed by atoms with Crippen LogP contribution in [0.4, 0.5) is 14.9 Å². The van der Waals surface area contributed by atoms with E-state index in [-0.39, 0.29) is 10.2 Å². The highest BCUT2D eigenvalue weighted by atomic mass is 79.9. The van der Waals surface area contributed by atoms with E-state index in [4.69, 9.17) is 9.47 Å². The van der Waals surface area contributed by atoms with Crippen LogP contribution in [0, 0.1) is 5.82 Å². The van der Waals surface area contributed by atoms with Crippen LogP contribution < -0.4 is 10.1 Å². The number of halogens is 2. The Morgan fingerprint density at radius 3 is 2.58 bits per heavy atom. The van der Waals surface area contributed by atoms with Gasteiger partial charge < -0.3 is 9.47 Å². The highest BCUT2D eigenvalue weighted by Gasteiger charge is 2.18. The number of benzene rings is 1. The zero-order chi connectivity index (χ0) is 14.6. The van der Waals surface area contributed by atoms with Gasteiger partial charge >= 0.3 is 6.09 Å². The van der Waals surface area contributed by atoms with E-state index < -0.39 is 17.5 Å². The lowest BCUT2D eigenvalue weighted by Gasteiger charge is -2.20. The van der Waals surface area contributed by atoms with Crippen molar-refractivity contribution in [2.24, 2.45) is 0 Å². The largest absolute Gasteiger partial charge is 0.492 e. The lowest BCUT2D eigenvalue weighted by Crippen LogP contribution is -2.27. The summed E-state index contributed by atoms with van der Waals surface area (Å²) in [6.45, 7) is 7.45. The molecule has 0 unspecified atom stereocenters. The first-order valence-electron chi connectivity index (χ1n) is 5.84. The molecule has 0 aromatic heterocycles. The van der Waals surface area contributed by atoms with Gasteiger partial charge in [0.1, 0.15) is 17.2 Å². The van der Waals surface area contributed by atoms with Crippen molar-refractivity contribution in [3.8, 4) is 5.75 Å². The third-order valence-electron chi connectivity index (χ3n) is 1.96. The molecule has 0 spiro atoms. The third kappa shape index (κ3) is 5.06. The summed E-state index contributed by atoms with van der Waals surface area (Å²) in [6.07, 6.45) is -0.657. The van der Waals surface area contributed by atoms with Gasteiger partial charge in [0.25, 0.3) is 0 Å². The predicted octanol–water partition coefficient (Wildman–Crippen LogP) is 4.33. The van der Waals surface area contributed by atoms with Crippen LogP contribution in [0.25, 0.3) is 0 Å². The van der Waals surface area contributed by atoms with Crippen LogP contribution in [0.1, 0.15) is 27.7 Å². The van der Waals surface area contributed by atoms with Crippen molar-refractivity contribution < 1.29 is 18.7 Å². The monoisotopic (exact) mass is 333 g/mol. The number of carbonyl (C=O) groups excluding carboxylic acids is 1. The zero-order valence-corrected chi connectivity index (χ0v) is 12.9. The maximum absolute atomic E-state index is 13.5. The van der Waals surface area contributed by atoms with Gasteiger partial charge in [0.2, 0.25) is 0 Å². The molecule has 4 nitrogen and oxygen atoms in total. The average Bonchev–Trinajstić information content (AvgIpc) is 2.23. The topological polar surface area (TPSA) is 47.6 Å². The molecule has 106 valence electrons. The molecule has 0 aliphatic rings. The van der Waals surface area contributed by atoms with Crippen molar-refractivity contribution in [3.63, 3.8) is 0 Å². The van der Waals surface area contributed by atoms with Crippen LogP contribution in [-0.2, 0) is 4.74 Å². The van der Waals surface area contributed by atoms with Gasteiger partial charge in [0.05, 0.1) is 16.8 Å². The van der Waals surface area contributed by atoms with Gasteiger partial charge in [0, 0.05) is 6.07 Å². The lowest BCUT2D eigenvalue weighted by atomic mass is 10.2. The fourth-order valence-corrected chi connectivity index (χ4v) is 1.64. The van der Waals surface area contributed by atoms with Crippen LogP contribution in [0.2, 0.25) is 0 Å². The van der Waals surface area contributed by atoms with E-state index in [2.05, 4.69) is 21.2 Å². The van der Waals surface area contributed by atoms with Crippen LogP contribution in [0.3, 0.4) is 0 Å². The molecule has 0 fully saturated rings. The molecule has 1 aromatic carbocycles. The number of rotatable bonds is 3. The summed E-state index contributed by atoms with van der Waals surface area (Å²) in [6, 6.07) is 2.64. The summed E-state index contributed by atoms with van der Waals surface area (Å²) >= 11 is 3.07. The molecule has 1 rings (SSSR count). The Balaban J connectivity index is 2.93. The second kappa shape index (κ2) is 6.23.